The molecular weight excluding hydrogens is 338 g/mol. The average molecular weight is 353 g/mol. The lowest BCUT2D eigenvalue weighted by Gasteiger charge is -2.20. The van der Waals surface area contributed by atoms with E-state index in [1.54, 1.807) is 6.92 Å². The third kappa shape index (κ3) is 4.51. The molecule has 0 saturated heterocycles. The highest BCUT2D eigenvalue weighted by molar-refractivity contribution is 9.13. The molecular formula is C11H15Br2NO2. The lowest BCUT2D eigenvalue weighted by molar-refractivity contribution is 0.00254. The second-order valence-corrected chi connectivity index (χ2v) is 5.72. The molecule has 3 N–H and O–H groups in total. The smallest absolute Gasteiger partial charge is 0.0972 e. The first-order chi connectivity index (χ1) is 7.44. The molecule has 0 radical (unpaired) electrons. The van der Waals surface area contributed by atoms with Crippen LogP contribution in [0.4, 0.5) is 0 Å². The van der Waals surface area contributed by atoms with Gasteiger partial charge in [-0.3, -0.25) is 0 Å². The van der Waals surface area contributed by atoms with E-state index in [-0.39, 0.29) is 6.61 Å². The molecule has 1 rings (SSSR count). The van der Waals surface area contributed by atoms with Gasteiger partial charge in [-0.25, -0.2) is 0 Å². The highest BCUT2D eigenvalue weighted by Gasteiger charge is 2.17. The molecule has 16 heavy (non-hydrogen) atoms. The normalized spacial score (nSPS) is 14.8. The Bertz CT molecular complexity index is 356. The molecule has 0 aliphatic heterocycles. The number of aliphatic hydroxyl groups is 2. The number of rotatable bonds is 5. The molecule has 0 aliphatic rings. The molecule has 0 aliphatic carbocycles. The Morgan fingerprint density at radius 3 is 2.56 bits per heavy atom. The topological polar surface area (TPSA) is 52.5 Å². The molecule has 0 saturated carbocycles. The zero-order chi connectivity index (χ0) is 12.2. The lowest BCUT2D eigenvalue weighted by Crippen LogP contribution is -2.40. The predicted octanol–water partition coefficient (Wildman–Crippen LogP) is 2.04. The monoisotopic (exact) mass is 351 g/mol. The molecule has 3 nitrogen and oxygen atoms in total. The van der Waals surface area contributed by atoms with Crippen LogP contribution in [0.1, 0.15) is 12.5 Å². The number of halogens is 2. The molecule has 5 heteroatoms. The maximum Gasteiger partial charge on any atom is 0.0972 e. The van der Waals surface area contributed by atoms with E-state index in [0.717, 1.165) is 14.5 Å². The summed E-state index contributed by atoms with van der Waals surface area (Å²) in [5, 5.41) is 21.5. The molecule has 1 aromatic rings. The molecule has 0 spiro atoms. The van der Waals surface area contributed by atoms with Gasteiger partial charge in [0.2, 0.25) is 0 Å². The van der Waals surface area contributed by atoms with E-state index in [2.05, 4.69) is 37.2 Å². The van der Waals surface area contributed by atoms with Crippen LogP contribution >= 0.6 is 31.9 Å². The summed E-state index contributed by atoms with van der Waals surface area (Å²) in [4.78, 5) is 0. The highest BCUT2D eigenvalue weighted by atomic mass is 79.9. The Balaban J connectivity index is 2.46. The zero-order valence-corrected chi connectivity index (χ0v) is 12.2. The van der Waals surface area contributed by atoms with Gasteiger partial charge in [0.1, 0.15) is 0 Å². The molecule has 0 aromatic heterocycles. The molecule has 0 heterocycles. The van der Waals surface area contributed by atoms with Crippen LogP contribution in [0.3, 0.4) is 0 Å². The fraction of sp³-hybridized carbons (Fsp3) is 0.455. The molecule has 90 valence electrons. The predicted molar refractivity (Wildman–Crippen MR) is 71.3 cm³/mol. The van der Waals surface area contributed by atoms with Crippen molar-refractivity contribution in [3.8, 4) is 0 Å². The Morgan fingerprint density at radius 1 is 1.31 bits per heavy atom. The van der Waals surface area contributed by atoms with Crippen LogP contribution < -0.4 is 5.32 Å². The van der Waals surface area contributed by atoms with Crippen LogP contribution in [0.5, 0.6) is 0 Å². The second kappa shape index (κ2) is 6.12. The minimum atomic E-state index is -1.06. The highest BCUT2D eigenvalue weighted by Crippen LogP contribution is 2.23. The van der Waals surface area contributed by atoms with Gasteiger partial charge >= 0.3 is 0 Å². The van der Waals surface area contributed by atoms with Gasteiger partial charge in [0.15, 0.2) is 0 Å². The van der Waals surface area contributed by atoms with E-state index >= 15 is 0 Å². The third-order valence-corrected chi connectivity index (χ3v) is 4.04. The van der Waals surface area contributed by atoms with Gasteiger partial charge < -0.3 is 15.5 Å². The van der Waals surface area contributed by atoms with Crippen molar-refractivity contribution in [3.63, 3.8) is 0 Å². The molecule has 1 atom stereocenters. The zero-order valence-electron chi connectivity index (χ0n) is 9.00. The summed E-state index contributed by atoms with van der Waals surface area (Å²) in [5.74, 6) is 0. The van der Waals surface area contributed by atoms with Gasteiger partial charge in [0, 0.05) is 22.0 Å². The summed E-state index contributed by atoms with van der Waals surface area (Å²) in [6.07, 6.45) is 0. The lowest BCUT2D eigenvalue weighted by atomic mass is 10.1. The molecule has 0 fully saturated rings. The van der Waals surface area contributed by atoms with E-state index in [1.807, 2.05) is 18.2 Å². The summed E-state index contributed by atoms with van der Waals surface area (Å²) >= 11 is 6.83. The summed E-state index contributed by atoms with van der Waals surface area (Å²) in [6.45, 7) is 2.36. The van der Waals surface area contributed by atoms with Gasteiger partial charge in [-0.2, -0.15) is 0 Å². The largest absolute Gasteiger partial charge is 0.393 e. The fourth-order valence-corrected chi connectivity index (χ4v) is 1.85. The van der Waals surface area contributed by atoms with Crippen molar-refractivity contribution in [1.29, 1.82) is 0 Å². The first kappa shape index (κ1) is 14.1. The average Bonchev–Trinajstić information content (AvgIpc) is 2.23. The van der Waals surface area contributed by atoms with Crippen LogP contribution in [0.2, 0.25) is 0 Å². The maximum atomic E-state index is 9.57. The van der Waals surface area contributed by atoms with Gasteiger partial charge in [0.05, 0.1) is 12.2 Å². The summed E-state index contributed by atoms with van der Waals surface area (Å²) in [5.41, 5.74) is 0.0517. The van der Waals surface area contributed by atoms with Crippen molar-refractivity contribution in [2.24, 2.45) is 0 Å². The molecule has 0 amide bonds. The van der Waals surface area contributed by atoms with E-state index in [0.29, 0.717) is 13.1 Å². The Morgan fingerprint density at radius 2 is 2.00 bits per heavy atom. The Labute approximate surface area is 112 Å². The summed E-state index contributed by atoms with van der Waals surface area (Å²) in [6, 6.07) is 5.96. The van der Waals surface area contributed by atoms with Crippen molar-refractivity contribution in [1.82, 2.24) is 5.32 Å². The summed E-state index contributed by atoms with van der Waals surface area (Å²) in [7, 11) is 0. The molecule has 0 bridgehead atoms. The van der Waals surface area contributed by atoms with E-state index < -0.39 is 5.60 Å². The van der Waals surface area contributed by atoms with Gasteiger partial charge in [0.25, 0.3) is 0 Å². The van der Waals surface area contributed by atoms with E-state index in [4.69, 9.17) is 5.11 Å². The van der Waals surface area contributed by atoms with Crippen LogP contribution in [0.15, 0.2) is 27.1 Å². The van der Waals surface area contributed by atoms with Gasteiger partial charge in [-0.05, 0) is 56.5 Å². The number of hydrogen-bond donors (Lipinski definition) is 3. The van der Waals surface area contributed by atoms with E-state index in [9.17, 15) is 5.11 Å². The van der Waals surface area contributed by atoms with Crippen molar-refractivity contribution in [2.45, 2.75) is 19.1 Å². The van der Waals surface area contributed by atoms with Crippen molar-refractivity contribution in [3.05, 3.63) is 32.7 Å². The quantitative estimate of drug-likeness (QED) is 0.760. The standard InChI is InChI=1S/C11H15Br2NO2/c1-11(16,7-15)6-14-5-8-2-3-9(12)10(13)4-8/h2-4,14-16H,5-7H2,1H3. The van der Waals surface area contributed by atoms with Crippen LogP contribution in [0, 0.1) is 0 Å². The fourth-order valence-electron chi connectivity index (χ4n) is 1.18. The van der Waals surface area contributed by atoms with Crippen molar-refractivity contribution in [2.75, 3.05) is 13.2 Å². The number of aliphatic hydroxyl groups excluding tert-OH is 1. The van der Waals surface area contributed by atoms with Crippen LogP contribution in [-0.4, -0.2) is 29.0 Å². The van der Waals surface area contributed by atoms with Gasteiger partial charge in [-0.15, -0.1) is 0 Å². The maximum absolute atomic E-state index is 9.57. The Hall–Kier alpha value is 0.0600. The summed E-state index contributed by atoms with van der Waals surface area (Å²) < 4.78 is 2.01. The Kier molecular flexibility index (Phi) is 5.40. The SMILES string of the molecule is CC(O)(CO)CNCc1ccc(Br)c(Br)c1. The van der Waals surface area contributed by atoms with Crippen LogP contribution in [0.25, 0.3) is 0 Å². The third-order valence-electron chi connectivity index (χ3n) is 2.16. The van der Waals surface area contributed by atoms with Gasteiger partial charge in [-0.1, -0.05) is 6.07 Å². The number of hydrogen-bond acceptors (Lipinski definition) is 3. The minimum absolute atomic E-state index is 0.246. The van der Waals surface area contributed by atoms with E-state index in [1.165, 1.54) is 0 Å². The van der Waals surface area contributed by atoms with Crippen LogP contribution in [-0.2, 0) is 6.54 Å². The van der Waals surface area contributed by atoms with Crippen molar-refractivity contribution < 1.29 is 10.2 Å². The second-order valence-electron chi connectivity index (χ2n) is 4.01. The minimum Gasteiger partial charge on any atom is -0.393 e. The molecule has 1 aromatic carbocycles. The molecule has 1 unspecified atom stereocenters. The first-order valence-corrected chi connectivity index (χ1v) is 6.51. The van der Waals surface area contributed by atoms with Crippen molar-refractivity contribution >= 4 is 31.9 Å². The number of benzene rings is 1. The number of nitrogens with one attached hydrogen (secondary N) is 1. The first-order valence-electron chi connectivity index (χ1n) is 4.92.